The van der Waals surface area contributed by atoms with Crippen molar-refractivity contribution in [3.05, 3.63) is 60.7 Å². The molecule has 1 heterocycles. The topological polar surface area (TPSA) is 35.5 Å². The van der Waals surface area contributed by atoms with E-state index in [9.17, 15) is 4.79 Å². The van der Waals surface area contributed by atoms with Crippen LogP contribution in [0.2, 0.25) is 5.54 Å². The maximum absolute atomic E-state index is 12.3. The summed E-state index contributed by atoms with van der Waals surface area (Å²) >= 11 is 0. The van der Waals surface area contributed by atoms with Gasteiger partial charge >= 0.3 is 5.97 Å². The van der Waals surface area contributed by atoms with Gasteiger partial charge in [-0.15, -0.1) is 0 Å². The molecule has 25 heavy (non-hydrogen) atoms. The lowest BCUT2D eigenvalue weighted by Gasteiger charge is -2.34. The Hall–Kier alpha value is -1.91. The quantitative estimate of drug-likeness (QED) is 0.611. The van der Waals surface area contributed by atoms with E-state index in [0.29, 0.717) is 13.0 Å². The van der Waals surface area contributed by atoms with E-state index < -0.39 is 8.32 Å². The number of esters is 1. The monoisotopic (exact) mass is 354 g/mol. The van der Waals surface area contributed by atoms with Crippen LogP contribution in [0.5, 0.6) is 0 Å². The summed E-state index contributed by atoms with van der Waals surface area (Å²) < 4.78 is 12.1. The molecule has 0 bridgehead atoms. The molecule has 2 aromatic rings. The van der Waals surface area contributed by atoms with Crippen LogP contribution in [-0.2, 0) is 14.0 Å². The SMILES string of the molecule is CCOC(=O)CC1CC(C)(C)O[Si]1(c1ccccc1)c1ccccc1. The Balaban J connectivity index is 2.12. The minimum absolute atomic E-state index is 0.127. The van der Waals surface area contributed by atoms with Crippen molar-refractivity contribution in [2.45, 2.75) is 44.8 Å². The third-order valence-corrected chi connectivity index (χ3v) is 9.69. The van der Waals surface area contributed by atoms with E-state index in [1.165, 1.54) is 10.4 Å². The van der Waals surface area contributed by atoms with Crippen molar-refractivity contribution in [2.75, 3.05) is 6.61 Å². The van der Waals surface area contributed by atoms with Gasteiger partial charge in [-0.05, 0) is 43.1 Å². The Kier molecular flexibility index (Phi) is 5.11. The van der Waals surface area contributed by atoms with Gasteiger partial charge in [0.2, 0.25) is 0 Å². The molecule has 0 spiro atoms. The van der Waals surface area contributed by atoms with Gasteiger partial charge in [-0.25, -0.2) is 0 Å². The van der Waals surface area contributed by atoms with Gasteiger partial charge in [0.1, 0.15) is 0 Å². The highest BCUT2D eigenvalue weighted by molar-refractivity contribution is 6.99. The first-order chi connectivity index (χ1) is 12.0. The molecule has 1 aliphatic rings. The fraction of sp³-hybridized carbons (Fsp3) is 0.381. The molecule has 1 unspecified atom stereocenters. The van der Waals surface area contributed by atoms with E-state index >= 15 is 0 Å². The van der Waals surface area contributed by atoms with Crippen molar-refractivity contribution in [3.8, 4) is 0 Å². The largest absolute Gasteiger partial charge is 0.466 e. The predicted molar refractivity (Wildman–Crippen MR) is 103 cm³/mol. The Morgan fingerprint density at radius 2 is 1.60 bits per heavy atom. The van der Waals surface area contributed by atoms with Crippen LogP contribution in [0, 0.1) is 0 Å². The maximum Gasteiger partial charge on any atom is 0.305 e. The van der Waals surface area contributed by atoms with Crippen LogP contribution in [0.4, 0.5) is 0 Å². The first-order valence-electron chi connectivity index (χ1n) is 8.95. The second kappa shape index (κ2) is 7.14. The number of hydrogen-bond donors (Lipinski definition) is 0. The lowest BCUT2D eigenvalue weighted by molar-refractivity contribution is -0.143. The Morgan fingerprint density at radius 3 is 2.08 bits per heavy atom. The number of hydrogen-bond acceptors (Lipinski definition) is 3. The van der Waals surface area contributed by atoms with E-state index in [0.717, 1.165) is 6.42 Å². The molecule has 1 aliphatic heterocycles. The number of benzene rings is 2. The van der Waals surface area contributed by atoms with Crippen LogP contribution < -0.4 is 10.4 Å². The molecular weight excluding hydrogens is 328 g/mol. The third kappa shape index (κ3) is 3.55. The van der Waals surface area contributed by atoms with E-state index in [4.69, 9.17) is 9.16 Å². The second-order valence-corrected chi connectivity index (χ2v) is 10.9. The molecule has 3 nitrogen and oxygen atoms in total. The number of ether oxygens (including phenoxy) is 1. The molecule has 1 fully saturated rings. The lowest BCUT2D eigenvalue weighted by Crippen LogP contribution is -2.62. The fourth-order valence-corrected chi connectivity index (χ4v) is 9.30. The van der Waals surface area contributed by atoms with Crippen LogP contribution in [0.25, 0.3) is 0 Å². The molecule has 132 valence electrons. The highest BCUT2D eigenvalue weighted by Crippen LogP contribution is 2.45. The summed E-state index contributed by atoms with van der Waals surface area (Å²) in [5.41, 5.74) is -0.0962. The van der Waals surface area contributed by atoms with Gasteiger partial charge in [0.15, 0.2) is 0 Å². The summed E-state index contributed by atoms with van der Waals surface area (Å²) in [4.78, 5) is 12.3. The molecule has 4 heteroatoms. The summed E-state index contributed by atoms with van der Waals surface area (Å²) in [6, 6.07) is 20.9. The van der Waals surface area contributed by atoms with Crippen LogP contribution in [0.15, 0.2) is 60.7 Å². The highest BCUT2D eigenvalue weighted by atomic mass is 28.4. The van der Waals surface area contributed by atoms with Crippen molar-refractivity contribution in [1.82, 2.24) is 0 Å². The standard InChI is InChI=1S/C21H26O3Si/c1-4-23-20(22)15-19-16-21(2,3)24-25(19,17-11-7-5-8-12-17)18-13-9-6-10-14-18/h5-14,19H,4,15-16H2,1-3H3. The number of carbonyl (C=O) groups is 1. The molecule has 3 rings (SSSR count). The zero-order valence-corrected chi connectivity index (χ0v) is 16.2. The van der Waals surface area contributed by atoms with E-state index in [1.807, 2.05) is 19.1 Å². The molecule has 0 N–H and O–H groups in total. The maximum atomic E-state index is 12.3. The van der Waals surface area contributed by atoms with Crippen molar-refractivity contribution < 1.29 is 14.0 Å². The number of carbonyl (C=O) groups excluding carboxylic acids is 1. The van der Waals surface area contributed by atoms with Crippen LogP contribution in [0.3, 0.4) is 0 Å². The first-order valence-corrected chi connectivity index (χ1v) is 10.9. The van der Waals surface area contributed by atoms with Gasteiger partial charge in [0.25, 0.3) is 8.32 Å². The van der Waals surface area contributed by atoms with Gasteiger partial charge in [-0.3, -0.25) is 4.79 Å². The smallest absolute Gasteiger partial charge is 0.305 e. The van der Waals surface area contributed by atoms with Crippen molar-refractivity contribution in [3.63, 3.8) is 0 Å². The summed E-state index contributed by atoms with van der Waals surface area (Å²) in [5.74, 6) is -0.127. The van der Waals surface area contributed by atoms with E-state index in [1.54, 1.807) is 0 Å². The lowest BCUT2D eigenvalue weighted by atomic mass is 10.0. The van der Waals surface area contributed by atoms with Gasteiger partial charge in [0, 0.05) is 6.42 Å². The average molecular weight is 355 g/mol. The molecule has 2 aromatic carbocycles. The first kappa shape index (κ1) is 17.9. The normalized spacial score (nSPS) is 21.0. The van der Waals surface area contributed by atoms with Crippen molar-refractivity contribution in [2.24, 2.45) is 0 Å². The molecule has 0 radical (unpaired) electrons. The summed E-state index contributed by atoms with van der Waals surface area (Å²) in [6.45, 7) is 6.53. The molecular formula is C21H26O3Si. The van der Waals surface area contributed by atoms with Gasteiger partial charge in [-0.1, -0.05) is 60.7 Å². The van der Waals surface area contributed by atoms with Crippen molar-refractivity contribution >= 4 is 24.7 Å². The molecule has 0 saturated carbocycles. The molecule has 0 aliphatic carbocycles. The third-order valence-electron chi connectivity index (χ3n) is 4.87. The average Bonchev–Trinajstić information content (AvgIpc) is 2.88. The predicted octanol–water partition coefficient (Wildman–Crippen LogP) is 3.27. The second-order valence-electron chi connectivity index (χ2n) is 7.24. The van der Waals surface area contributed by atoms with Gasteiger partial charge < -0.3 is 9.16 Å². The molecule has 0 amide bonds. The van der Waals surface area contributed by atoms with Crippen molar-refractivity contribution in [1.29, 1.82) is 0 Å². The Morgan fingerprint density at radius 1 is 1.08 bits per heavy atom. The molecule has 0 aromatic heterocycles. The van der Waals surface area contributed by atoms with E-state index in [2.05, 4.69) is 62.4 Å². The number of rotatable bonds is 5. The van der Waals surface area contributed by atoms with Crippen LogP contribution in [-0.4, -0.2) is 26.5 Å². The van der Waals surface area contributed by atoms with Crippen LogP contribution in [0.1, 0.15) is 33.6 Å². The summed E-state index contributed by atoms with van der Waals surface area (Å²) in [5, 5.41) is 2.45. The summed E-state index contributed by atoms with van der Waals surface area (Å²) in [7, 11) is -2.54. The minimum atomic E-state index is -2.54. The van der Waals surface area contributed by atoms with Gasteiger partial charge in [0.05, 0.1) is 12.2 Å². The summed E-state index contributed by atoms with van der Waals surface area (Å²) in [6.07, 6.45) is 1.27. The van der Waals surface area contributed by atoms with Gasteiger partial charge in [-0.2, -0.15) is 0 Å². The Labute approximate surface area is 151 Å². The fourth-order valence-electron chi connectivity index (χ4n) is 4.06. The zero-order valence-electron chi connectivity index (χ0n) is 15.2. The highest BCUT2D eigenvalue weighted by Gasteiger charge is 2.57. The molecule has 1 atom stereocenters. The Bertz CT molecular complexity index is 673. The zero-order chi connectivity index (χ0) is 17.9. The van der Waals surface area contributed by atoms with E-state index in [-0.39, 0.29) is 17.1 Å². The molecule has 1 saturated heterocycles. The minimum Gasteiger partial charge on any atom is -0.466 e. The van der Waals surface area contributed by atoms with Crippen LogP contribution >= 0.6 is 0 Å².